The average Bonchev–Trinajstić information content (AvgIpc) is 2.80. The number of methoxy groups -OCH3 is 1. The zero-order chi connectivity index (χ0) is 22.5. The summed E-state index contributed by atoms with van der Waals surface area (Å²) in [5.74, 6) is 2.40. The maximum Gasteiger partial charge on any atom is 0.225 e. The molecule has 0 saturated heterocycles. The summed E-state index contributed by atoms with van der Waals surface area (Å²) in [4.78, 5) is 11.5. The fraction of sp³-hybridized carbons (Fsp3) is 0.375. The van der Waals surface area contributed by atoms with E-state index in [4.69, 9.17) is 26.9 Å². The summed E-state index contributed by atoms with van der Waals surface area (Å²) in [5, 5.41) is 11.9. The molecule has 1 aromatic heterocycles. The lowest BCUT2D eigenvalue weighted by Gasteiger charge is -2.30. The van der Waals surface area contributed by atoms with Gasteiger partial charge in [-0.15, -0.1) is 0 Å². The molecule has 0 amide bonds. The van der Waals surface area contributed by atoms with Crippen LogP contribution < -0.4 is 25.6 Å². The second-order valence-electron chi connectivity index (χ2n) is 8.27. The minimum atomic E-state index is 0.345. The molecule has 3 aromatic rings. The Labute approximate surface area is 194 Å². The topological polar surface area (TPSA) is 74.3 Å². The molecule has 2 aromatic carbocycles. The van der Waals surface area contributed by atoms with Gasteiger partial charge in [0.1, 0.15) is 11.6 Å². The normalized spacial score (nSPS) is 18.1. The molecule has 1 fully saturated rings. The number of nitrogens with zero attached hydrogens (tertiary/aromatic N) is 3. The van der Waals surface area contributed by atoms with Gasteiger partial charge < -0.3 is 25.6 Å². The van der Waals surface area contributed by atoms with Crippen molar-refractivity contribution in [1.29, 1.82) is 0 Å². The summed E-state index contributed by atoms with van der Waals surface area (Å²) >= 11 is 5.52. The number of rotatable bonds is 6. The Bertz CT molecular complexity index is 1080. The van der Waals surface area contributed by atoms with Crippen LogP contribution in [0.3, 0.4) is 0 Å². The molecule has 8 heteroatoms. The number of hydrogen-bond donors (Lipinski definition) is 3. The molecule has 4 rings (SSSR count). The van der Waals surface area contributed by atoms with Gasteiger partial charge in [-0.05, 0) is 62.2 Å². The van der Waals surface area contributed by atoms with Crippen LogP contribution >= 0.6 is 12.2 Å². The summed E-state index contributed by atoms with van der Waals surface area (Å²) in [6.45, 7) is 0. The molecule has 1 saturated carbocycles. The van der Waals surface area contributed by atoms with Crippen molar-refractivity contribution in [2.24, 2.45) is 0 Å². The Hall–Kier alpha value is -3.13. The first-order valence-electron chi connectivity index (χ1n) is 10.9. The minimum Gasteiger partial charge on any atom is -0.495 e. The van der Waals surface area contributed by atoms with Crippen molar-refractivity contribution in [2.45, 2.75) is 37.8 Å². The van der Waals surface area contributed by atoms with E-state index in [1.165, 1.54) is 0 Å². The zero-order valence-electron chi connectivity index (χ0n) is 18.8. The molecule has 0 aliphatic heterocycles. The Morgan fingerprint density at radius 3 is 2.41 bits per heavy atom. The summed E-state index contributed by atoms with van der Waals surface area (Å²) in [6.07, 6.45) is 4.11. The highest BCUT2D eigenvalue weighted by Gasteiger charge is 2.23. The largest absolute Gasteiger partial charge is 0.495 e. The van der Waals surface area contributed by atoms with Crippen LogP contribution in [0.2, 0.25) is 0 Å². The molecule has 0 unspecified atom stereocenters. The van der Waals surface area contributed by atoms with Crippen LogP contribution in [0.5, 0.6) is 5.75 Å². The quantitative estimate of drug-likeness (QED) is 0.477. The molecule has 0 spiro atoms. The number of thiocarbonyl (C=S) groups is 1. The fourth-order valence-corrected chi connectivity index (χ4v) is 4.40. The van der Waals surface area contributed by atoms with Gasteiger partial charge in [0.15, 0.2) is 5.11 Å². The number of hydrogen-bond acceptors (Lipinski definition) is 6. The van der Waals surface area contributed by atoms with Crippen LogP contribution in [0.25, 0.3) is 10.9 Å². The lowest BCUT2D eigenvalue weighted by atomic mass is 9.91. The fourth-order valence-electron chi connectivity index (χ4n) is 4.12. The van der Waals surface area contributed by atoms with E-state index in [0.717, 1.165) is 53.8 Å². The first kappa shape index (κ1) is 22.1. The highest BCUT2D eigenvalue weighted by molar-refractivity contribution is 7.80. The first-order chi connectivity index (χ1) is 15.5. The molecule has 0 radical (unpaired) electrons. The van der Waals surface area contributed by atoms with Crippen molar-refractivity contribution in [3.63, 3.8) is 0 Å². The summed E-state index contributed by atoms with van der Waals surface area (Å²) in [5.41, 5.74) is 1.82. The standard InChI is InChI=1S/C24H30N6OS/c1-30(2)22-18-8-4-5-9-19(18)27-23(29-22)25-16-12-14-17(15-13-16)26-24(32)28-20-10-6-7-11-21(20)31-3/h4-11,16-17H,12-15H2,1-3H3,(H,25,27,29)(H2,26,28,32). The van der Waals surface area contributed by atoms with Crippen LogP contribution in [0, 0.1) is 0 Å². The van der Waals surface area contributed by atoms with Crippen LogP contribution in [0.4, 0.5) is 17.5 Å². The predicted octanol–water partition coefficient (Wildman–Crippen LogP) is 4.41. The van der Waals surface area contributed by atoms with Crippen molar-refractivity contribution in [1.82, 2.24) is 15.3 Å². The Morgan fingerprint density at radius 2 is 1.66 bits per heavy atom. The highest BCUT2D eigenvalue weighted by Crippen LogP contribution is 2.27. The summed E-state index contributed by atoms with van der Waals surface area (Å²) in [6, 6.07) is 16.6. The summed E-state index contributed by atoms with van der Waals surface area (Å²) in [7, 11) is 5.68. The van der Waals surface area contributed by atoms with Crippen LogP contribution in [-0.2, 0) is 0 Å². The SMILES string of the molecule is COc1ccccc1NC(=S)NC1CCC(Nc2nc(N(C)C)c3ccccc3n2)CC1. The van der Waals surface area contributed by atoms with Gasteiger partial charge in [0.2, 0.25) is 5.95 Å². The van der Waals surface area contributed by atoms with Gasteiger partial charge in [0.25, 0.3) is 0 Å². The Balaban J connectivity index is 1.33. The summed E-state index contributed by atoms with van der Waals surface area (Å²) < 4.78 is 5.38. The van der Waals surface area contributed by atoms with E-state index in [0.29, 0.717) is 23.1 Å². The van der Waals surface area contributed by atoms with Crippen LogP contribution in [-0.4, -0.2) is 48.4 Å². The van der Waals surface area contributed by atoms with Gasteiger partial charge in [-0.25, -0.2) is 4.98 Å². The molecule has 168 valence electrons. The van der Waals surface area contributed by atoms with E-state index < -0.39 is 0 Å². The molecule has 1 aliphatic rings. The molecule has 1 heterocycles. The molecular weight excluding hydrogens is 420 g/mol. The maximum atomic E-state index is 5.52. The van der Waals surface area contributed by atoms with Crippen molar-refractivity contribution < 1.29 is 4.74 Å². The third-order valence-electron chi connectivity index (χ3n) is 5.76. The van der Waals surface area contributed by atoms with Crippen molar-refractivity contribution >= 4 is 45.7 Å². The number of para-hydroxylation sites is 3. The van der Waals surface area contributed by atoms with E-state index in [9.17, 15) is 0 Å². The molecule has 3 N–H and O–H groups in total. The van der Waals surface area contributed by atoms with Gasteiger partial charge >= 0.3 is 0 Å². The lowest BCUT2D eigenvalue weighted by Crippen LogP contribution is -2.42. The van der Waals surface area contributed by atoms with Crippen molar-refractivity contribution in [2.75, 3.05) is 36.7 Å². The lowest BCUT2D eigenvalue weighted by molar-refractivity contribution is 0.387. The van der Waals surface area contributed by atoms with Gasteiger partial charge in [0, 0.05) is 31.6 Å². The first-order valence-corrected chi connectivity index (χ1v) is 11.4. The molecule has 1 aliphatic carbocycles. The third-order valence-corrected chi connectivity index (χ3v) is 5.98. The Kier molecular flexibility index (Phi) is 6.90. The Morgan fingerprint density at radius 1 is 0.969 bits per heavy atom. The third kappa shape index (κ3) is 5.19. The van der Waals surface area contributed by atoms with Gasteiger partial charge in [0.05, 0.1) is 18.3 Å². The molecule has 0 atom stereocenters. The van der Waals surface area contributed by atoms with Crippen molar-refractivity contribution in [3.05, 3.63) is 48.5 Å². The molecule has 32 heavy (non-hydrogen) atoms. The average molecular weight is 451 g/mol. The number of aromatic nitrogens is 2. The van der Waals surface area contributed by atoms with E-state index >= 15 is 0 Å². The van der Waals surface area contributed by atoms with E-state index in [1.807, 2.05) is 61.5 Å². The number of nitrogens with one attached hydrogen (secondary N) is 3. The number of benzene rings is 2. The highest BCUT2D eigenvalue weighted by atomic mass is 32.1. The monoisotopic (exact) mass is 450 g/mol. The predicted molar refractivity (Wildman–Crippen MR) is 136 cm³/mol. The van der Waals surface area contributed by atoms with Gasteiger partial charge in [-0.3, -0.25) is 0 Å². The van der Waals surface area contributed by atoms with Crippen LogP contribution in [0.15, 0.2) is 48.5 Å². The minimum absolute atomic E-state index is 0.345. The van der Waals surface area contributed by atoms with Gasteiger partial charge in [-0.2, -0.15) is 4.98 Å². The molecular formula is C24H30N6OS. The van der Waals surface area contributed by atoms with E-state index in [2.05, 4.69) is 22.0 Å². The number of ether oxygens (including phenoxy) is 1. The van der Waals surface area contributed by atoms with E-state index in [-0.39, 0.29) is 0 Å². The van der Waals surface area contributed by atoms with Crippen LogP contribution in [0.1, 0.15) is 25.7 Å². The molecule has 7 nitrogen and oxygen atoms in total. The maximum absolute atomic E-state index is 5.52. The zero-order valence-corrected chi connectivity index (χ0v) is 19.6. The smallest absolute Gasteiger partial charge is 0.225 e. The number of fused-ring (bicyclic) bond motifs is 1. The second kappa shape index (κ2) is 9.99. The second-order valence-corrected chi connectivity index (χ2v) is 8.68. The van der Waals surface area contributed by atoms with Gasteiger partial charge in [-0.1, -0.05) is 24.3 Å². The van der Waals surface area contributed by atoms with E-state index in [1.54, 1.807) is 7.11 Å². The number of anilines is 3. The van der Waals surface area contributed by atoms with Crippen molar-refractivity contribution in [3.8, 4) is 5.75 Å². The molecule has 0 bridgehead atoms.